The molecule has 34 heavy (non-hydrogen) atoms. The second-order valence-corrected chi connectivity index (χ2v) is 8.86. The molecule has 0 unspecified atom stereocenters. The molecule has 2 aromatic carbocycles. The molecule has 3 heterocycles. The van der Waals surface area contributed by atoms with Crippen molar-refractivity contribution in [2.75, 3.05) is 45.2 Å². The number of aromatic amines is 2. The molecule has 1 fully saturated rings. The van der Waals surface area contributed by atoms with Crippen LogP contribution in [0.2, 0.25) is 0 Å². The van der Waals surface area contributed by atoms with Gasteiger partial charge in [-0.25, -0.2) is 9.37 Å². The number of rotatable bonds is 5. The van der Waals surface area contributed by atoms with Gasteiger partial charge in [0.05, 0.1) is 23.8 Å². The zero-order chi connectivity index (χ0) is 24.0. The van der Waals surface area contributed by atoms with Gasteiger partial charge in [0.2, 0.25) is 0 Å². The molecular formula is C26H28FN5O2. The zero-order valence-corrected chi connectivity index (χ0v) is 19.8. The number of aryl methyl sites for hydroxylation is 1. The molecule has 1 saturated heterocycles. The van der Waals surface area contributed by atoms with E-state index in [0.29, 0.717) is 33.9 Å². The van der Waals surface area contributed by atoms with Crippen molar-refractivity contribution >= 4 is 22.5 Å². The third-order valence-corrected chi connectivity index (χ3v) is 6.55. The number of benzene rings is 2. The Balaban J connectivity index is 1.61. The molecule has 1 aliphatic heterocycles. The van der Waals surface area contributed by atoms with E-state index < -0.39 is 5.82 Å². The van der Waals surface area contributed by atoms with Gasteiger partial charge < -0.3 is 24.5 Å². The molecule has 1 aliphatic rings. The van der Waals surface area contributed by atoms with Gasteiger partial charge in [0, 0.05) is 48.7 Å². The lowest BCUT2D eigenvalue weighted by atomic mass is 9.97. The first-order chi connectivity index (χ1) is 16.4. The zero-order valence-electron chi connectivity index (χ0n) is 19.8. The van der Waals surface area contributed by atoms with Gasteiger partial charge in [0.15, 0.2) is 23.2 Å². The van der Waals surface area contributed by atoms with Crippen molar-refractivity contribution in [2.24, 2.45) is 0 Å². The summed E-state index contributed by atoms with van der Waals surface area (Å²) < 4.78 is 19.6. The maximum Gasteiger partial charge on any atom is 0.165 e. The highest BCUT2D eigenvalue weighted by Gasteiger charge is 2.24. The number of halogens is 1. The van der Waals surface area contributed by atoms with E-state index in [9.17, 15) is 9.18 Å². The first-order valence-corrected chi connectivity index (χ1v) is 11.4. The number of hydrogen-bond acceptors (Lipinski definition) is 5. The van der Waals surface area contributed by atoms with Crippen LogP contribution in [0.25, 0.3) is 33.7 Å². The normalized spacial score (nSPS) is 14.7. The fourth-order valence-corrected chi connectivity index (χ4v) is 4.73. The molecule has 7 nitrogen and oxygen atoms in total. The van der Waals surface area contributed by atoms with E-state index in [2.05, 4.69) is 38.9 Å². The van der Waals surface area contributed by atoms with E-state index in [1.165, 1.54) is 20.1 Å². The van der Waals surface area contributed by atoms with Crippen LogP contribution in [0.15, 0.2) is 36.4 Å². The van der Waals surface area contributed by atoms with Crippen LogP contribution >= 0.6 is 0 Å². The second kappa shape index (κ2) is 8.61. The lowest BCUT2D eigenvalue weighted by Gasteiger charge is -2.34. The number of nitrogens with one attached hydrogen (secondary N) is 2. The summed E-state index contributed by atoms with van der Waals surface area (Å²) in [5.41, 5.74) is 6.01. The minimum absolute atomic E-state index is 0.0975. The van der Waals surface area contributed by atoms with Crippen molar-refractivity contribution in [2.45, 2.75) is 13.8 Å². The summed E-state index contributed by atoms with van der Waals surface area (Å²) in [5, 5.41) is 0. The third kappa shape index (κ3) is 3.84. The molecule has 2 N–H and O–H groups in total. The maximum atomic E-state index is 14.6. The summed E-state index contributed by atoms with van der Waals surface area (Å²) in [5.74, 6) is 0.176. The predicted octanol–water partition coefficient (Wildman–Crippen LogP) is 4.64. The van der Waals surface area contributed by atoms with Crippen LogP contribution in [-0.4, -0.2) is 66.0 Å². The number of hydrogen-bond donors (Lipinski definition) is 2. The number of imidazole rings is 1. The monoisotopic (exact) mass is 461 g/mol. The Bertz CT molecular complexity index is 1380. The van der Waals surface area contributed by atoms with Crippen LogP contribution in [0.1, 0.15) is 23.0 Å². The van der Waals surface area contributed by atoms with Gasteiger partial charge >= 0.3 is 0 Å². The van der Waals surface area contributed by atoms with Crippen molar-refractivity contribution in [3.8, 4) is 28.4 Å². The van der Waals surface area contributed by atoms with Gasteiger partial charge in [0.25, 0.3) is 0 Å². The van der Waals surface area contributed by atoms with E-state index >= 15 is 0 Å². The molecule has 0 aliphatic carbocycles. The minimum Gasteiger partial charge on any atom is -0.494 e. The third-order valence-electron chi connectivity index (χ3n) is 6.55. The molecule has 2 aromatic heterocycles. The van der Waals surface area contributed by atoms with E-state index in [1.54, 1.807) is 12.1 Å². The highest BCUT2D eigenvalue weighted by atomic mass is 19.1. The van der Waals surface area contributed by atoms with Crippen LogP contribution in [0.3, 0.4) is 0 Å². The number of fused-ring (bicyclic) bond motifs is 1. The Morgan fingerprint density at radius 3 is 2.53 bits per heavy atom. The van der Waals surface area contributed by atoms with Crippen LogP contribution < -0.4 is 9.64 Å². The van der Waals surface area contributed by atoms with Gasteiger partial charge in [-0.05, 0) is 56.8 Å². The number of carbonyl (C=O) groups is 1. The SMILES string of the molecule is COc1ccc(-c2c(-c3nc4ccc(N5CCN(C)CC5)cc4[nH]3)[nH]c(C)c2C(C)=O)cc1F. The average Bonchev–Trinajstić information content (AvgIpc) is 3.39. The summed E-state index contributed by atoms with van der Waals surface area (Å²) in [6, 6.07) is 10.9. The quantitative estimate of drug-likeness (QED) is 0.424. The van der Waals surface area contributed by atoms with E-state index in [0.717, 1.165) is 42.9 Å². The Kier molecular flexibility index (Phi) is 5.61. The van der Waals surface area contributed by atoms with E-state index in [1.807, 2.05) is 13.0 Å². The Labute approximate surface area is 197 Å². The number of ketones is 1. The second-order valence-electron chi connectivity index (χ2n) is 8.86. The smallest absolute Gasteiger partial charge is 0.165 e. The Hall–Kier alpha value is -3.65. The molecule has 0 spiro atoms. The van der Waals surface area contributed by atoms with Gasteiger partial charge in [-0.2, -0.15) is 0 Å². The van der Waals surface area contributed by atoms with Crippen molar-refractivity contribution in [3.05, 3.63) is 53.5 Å². The minimum atomic E-state index is -0.485. The van der Waals surface area contributed by atoms with Gasteiger partial charge in [-0.15, -0.1) is 0 Å². The number of piperazine rings is 1. The lowest BCUT2D eigenvalue weighted by molar-refractivity contribution is 0.101. The Morgan fingerprint density at radius 1 is 1.09 bits per heavy atom. The molecule has 0 atom stereocenters. The van der Waals surface area contributed by atoms with Crippen molar-refractivity contribution < 1.29 is 13.9 Å². The van der Waals surface area contributed by atoms with Crippen LogP contribution in [-0.2, 0) is 0 Å². The molecule has 8 heteroatoms. The number of methoxy groups -OCH3 is 1. The molecule has 4 aromatic rings. The average molecular weight is 462 g/mol. The molecule has 0 radical (unpaired) electrons. The number of anilines is 1. The highest BCUT2D eigenvalue weighted by Crippen LogP contribution is 2.38. The summed E-state index contributed by atoms with van der Waals surface area (Å²) in [6.45, 7) is 7.39. The molecule has 176 valence electrons. The lowest BCUT2D eigenvalue weighted by Crippen LogP contribution is -2.44. The number of carbonyl (C=O) groups excluding carboxylic acids is 1. The molecule has 5 rings (SSSR count). The Morgan fingerprint density at radius 2 is 1.85 bits per heavy atom. The van der Waals surface area contributed by atoms with Crippen molar-refractivity contribution in [1.29, 1.82) is 0 Å². The number of ether oxygens (including phenoxy) is 1. The highest BCUT2D eigenvalue weighted by molar-refractivity contribution is 6.05. The standard InChI is InChI=1S/C26H28FN5O2/c1-15-23(16(2)33)24(17-5-8-22(34-4)19(27)13-17)25(28-15)26-29-20-7-6-18(14-21(20)30-26)32-11-9-31(3)10-12-32/h5-8,13-14,28H,9-12H2,1-4H3,(H,29,30). The number of nitrogens with zero attached hydrogens (tertiary/aromatic N) is 3. The van der Waals surface area contributed by atoms with Crippen LogP contribution in [0, 0.1) is 12.7 Å². The number of likely N-dealkylation sites (N-methyl/N-ethyl adjacent to an activating group) is 1. The fraction of sp³-hybridized carbons (Fsp3) is 0.308. The number of H-pyrrole nitrogens is 2. The summed E-state index contributed by atoms with van der Waals surface area (Å²) in [4.78, 5) is 28.8. The molecule has 0 bridgehead atoms. The van der Waals surface area contributed by atoms with Gasteiger partial charge in [-0.1, -0.05) is 6.07 Å². The van der Waals surface area contributed by atoms with Gasteiger partial charge in [0.1, 0.15) is 0 Å². The maximum absolute atomic E-state index is 14.6. The van der Waals surface area contributed by atoms with E-state index in [-0.39, 0.29) is 11.5 Å². The number of Topliss-reactive ketones (excluding diaryl/α,β-unsaturated/α-hetero) is 1. The summed E-state index contributed by atoms with van der Waals surface area (Å²) in [7, 11) is 3.57. The summed E-state index contributed by atoms with van der Waals surface area (Å²) >= 11 is 0. The molecule has 0 amide bonds. The fourth-order valence-electron chi connectivity index (χ4n) is 4.73. The van der Waals surface area contributed by atoms with E-state index in [4.69, 9.17) is 9.72 Å². The van der Waals surface area contributed by atoms with Crippen LogP contribution in [0.5, 0.6) is 5.75 Å². The van der Waals surface area contributed by atoms with Crippen LogP contribution in [0.4, 0.5) is 10.1 Å². The topological polar surface area (TPSA) is 77.2 Å². The van der Waals surface area contributed by atoms with Gasteiger partial charge in [-0.3, -0.25) is 4.79 Å². The first-order valence-electron chi connectivity index (χ1n) is 11.4. The molecular weight excluding hydrogens is 433 g/mol. The van der Waals surface area contributed by atoms with Crippen molar-refractivity contribution in [1.82, 2.24) is 19.9 Å². The predicted molar refractivity (Wildman–Crippen MR) is 132 cm³/mol. The molecule has 0 saturated carbocycles. The largest absolute Gasteiger partial charge is 0.494 e. The van der Waals surface area contributed by atoms with Crippen molar-refractivity contribution in [3.63, 3.8) is 0 Å². The number of aromatic nitrogens is 3. The summed E-state index contributed by atoms with van der Waals surface area (Å²) in [6.07, 6.45) is 0. The first kappa shape index (κ1) is 22.2.